The first-order valence-corrected chi connectivity index (χ1v) is 5.39. The van der Waals surface area contributed by atoms with Gasteiger partial charge in [0.1, 0.15) is 0 Å². The highest BCUT2D eigenvalue weighted by atomic mass is 15.1. The zero-order valence-electron chi connectivity index (χ0n) is 8.95. The molecule has 3 heteroatoms. The maximum Gasteiger partial charge on any atom is 0.0759 e. The second kappa shape index (κ2) is 4.05. The standard InChI is InChI=1S/C11H17N3/c1-3-9-7-12-11-8-14(4-2)6-5-10(11)13-9/h7H,3-6,8H2,1-2H3. The second-order valence-electron chi connectivity index (χ2n) is 3.73. The van der Waals surface area contributed by atoms with Gasteiger partial charge in [0.15, 0.2) is 0 Å². The summed E-state index contributed by atoms with van der Waals surface area (Å²) in [5, 5.41) is 0. The molecule has 0 N–H and O–H groups in total. The van der Waals surface area contributed by atoms with Gasteiger partial charge in [-0.2, -0.15) is 0 Å². The molecule has 0 amide bonds. The molecule has 1 aromatic rings. The molecule has 0 radical (unpaired) electrons. The highest BCUT2D eigenvalue weighted by molar-refractivity contribution is 5.17. The molecule has 2 rings (SSSR count). The molecule has 0 saturated heterocycles. The summed E-state index contributed by atoms with van der Waals surface area (Å²) in [7, 11) is 0. The minimum atomic E-state index is 0.975. The lowest BCUT2D eigenvalue weighted by Crippen LogP contribution is -2.31. The van der Waals surface area contributed by atoms with Gasteiger partial charge in [-0.1, -0.05) is 13.8 Å². The van der Waals surface area contributed by atoms with Gasteiger partial charge in [-0.05, 0) is 13.0 Å². The number of hydrogen-bond donors (Lipinski definition) is 0. The largest absolute Gasteiger partial charge is 0.297 e. The van der Waals surface area contributed by atoms with Crippen molar-refractivity contribution >= 4 is 0 Å². The number of nitrogens with zero attached hydrogens (tertiary/aromatic N) is 3. The maximum atomic E-state index is 4.61. The third-order valence-corrected chi connectivity index (χ3v) is 2.83. The highest BCUT2D eigenvalue weighted by Gasteiger charge is 2.16. The van der Waals surface area contributed by atoms with Crippen molar-refractivity contribution in [2.45, 2.75) is 33.2 Å². The zero-order chi connectivity index (χ0) is 9.97. The van der Waals surface area contributed by atoms with Crippen molar-refractivity contribution in [2.24, 2.45) is 0 Å². The normalized spacial score (nSPS) is 16.7. The Balaban J connectivity index is 2.23. The summed E-state index contributed by atoms with van der Waals surface area (Å²) in [5.74, 6) is 0. The van der Waals surface area contributed by atoms with Crippen LogP contribution in [-0.2, 0) is 19.4 Å². The van der Waals surface area contributed by atoms with E-state index in [4.69, 9.17) is 0 Å². The summed E-state index contributed by atoms with van der Waals surface area (Å²) < 4.78 is 0. The quantitative estimate of drug-likeness (QED) is 0.708. The highest BCUT2D eigenvalue weighted by Crippen LogP contribution is 2.14. The van der Waals surface area contributed by atoms with Crippen molar-refractivity contribution in [2.75, 3.05) is 13.1 Å². The van der Waals surface area contributed by atoms with Crippen LogP contribution in [-0.4, -0.2) is 28.0 Å². The molecule has 0 saturated carbocycles. The summed E-state index contributed by atoms with van der Waals surface area (Å²) in [6.45, 7) is 7.53. The minimum Gasteiger partial charge on any atom is -0.297 e. The van der Waals surface area contributed by atoms with Crippen LogP contribution in [0.3, 0.4) is 0 Å². The molecular weight excluding hydrogens is 174 g/mol. The molecule has 14 heavy (non-hydrogen) atoms. The Bertz CT molecular complexity index is 322. The van der Waals surface area contributed by atoms with E-state index >= 15 is 0 Å². The summed E-state index contributed by atoms with van der Waals surface area (Å²) in [6.07, 6.45) is 3.96. The molecule has 0 unspecified atom stereocenters. The first-order valence-electron chi connectivity index (χ1n) is 5.39. The van der Waals surface area contributed by atoms with E-state index in [0.717, 1.165) is 38.2 Å². The van der Waals surface area contributed by atoms with E-state index in [1.807, 2.05) is 6.20 Å². The van der Waals surface area contributed by atoms with Gasteiger partial charge in [-0.25, -0.2) is 0 Å². The van der Waals surface area contributed by atoms with Crippen LogP contribution in [0.1, 0.15) is 30.9 Å². The summed E-state index contributed by atoms with van der Waals surface area (Å²) >= 11 is 0. The monoisotopic (exact) mass is 191 g/mol. The van der Waals surface area contributed by atoms with E-state index < -0.39 is 0 Å². The first-order chi connectivity index (χ1) is 6.83. The fraction of sp³-hybridized carbons (Fsp3) is 0.636. The third kappa shape index (κ3) is 1.77. The zero-order valence-corrected chi connectivity index (χ0v) is 8.95. The van der Waals surface area contributed by atoms with Crippen molar-refractivity contribution < 1.29 is 0 Å². The number of aromatic nitrogens is 2. The second-order valence-corrected chi connectivity index (χ2v) is 3.73. The molecule has 2 heterocycles. The van der Waals surface area contributed by atoms with Gasteiger partial charge in [0.25, 0.3) is 0 Å². The van der Waals surface area contributed by atoms with Gasteiger partial charge in [-0.3, -0.25) is 14.9 Å². The maximum absolute atomic E-state index is 4.61. The molecule has 0 aliphatic carbocycles. The number of hydrogen-bond acceptors (Lipinski definition) is 3. The fourth-order valence-corrected chi connectivity index (χ4v) is 1.82. The average molecular weight is 191 g/mol. The summed E-state index contributed by atoms with van der Waals surface area (Å²) in [6, 6.07) is 0. The molecule has 1 aliphatic rings. The molecule has 3 nitrogen and oxygen atoms in total. The number of aryl methyl sites for hydroxylation is 1. The van der Waals surface area contributed by atoms with Gasteiger partial charge in [-0.15, -0.1) is 0 Å². The fourth-order valence-electron chi connectivity index (χ4n) is 1.82. The van der Waals surface area contributed by atoms with Crippen molar-refractivity contribution in [3.8, 4) is 0 Å². The minimum absolute atomic E-state index is 0.975. The Hall–Kier alpha value is -0.960. The van der Waals surface area contributed by atoms with Crippen molar-refractivity contribution in [3.05, 3.63) is 23.3 Å². The van der Waals surface area contributed by atoms with E-state index in [-0.39, 0.29) is 0 Å². The van der Waals surface area contributed by atoms with Crippen LogP contribution in [0.25, 0.3) is 0 Å². The number of likely N-dealkylation sites (N-methyl/N-ethyl adjacent to an activating group) is 1. The van der Waals surface area contributed by atoms with E-state index in [2.05, 4.69) is 28.7 Å². The topological polar surface area (TPSA) is 29.0 Å². The number of fused-ring (bicyclic) bond motifs is 1. The third-order valence-electron chi connectivity index (χ3n) is 2.83. The van der Waals surface area contributed by atoms with Gasteiger partial charge in [0, 0.05) is 25.7 Å². The lowest BCUT2D eigenvalue weighted by Gasteiger charge is -2.25. The summed E-state index contributed by atoms with van der Waals surface area (Å²) in [5.41, 5.74) is 3.51. The Labute approximate surface area is 85.2 Å². The number of rotatable bonds is 2. The SMILES string of the molecule is CCc1cnc2c(n1)CCN(CC)C2. The van der Waals surface area contributed by atoms with Crippen LogP contribution < -0.4 is 0 Å². The molecule has 0 bridgehead atoms. The molecule has 1 aliphatic heterocycles. The van der Waals surface area contributed by atoms with Crippen LogP contribution in [0.15, 0.2) is 6.20 Å². The van der Waals surface area contributed by atoms with E-state index in [9.17, 15) is 0 Å². The molecular formula is C11H17N3. The Morgan fingerprint density at radius 2 is 2.21 bits per heavy atom. The van der Waals surface area contributed by atoms with Gasteiger partial charge < -0.3 is 0 Å². The van der Waals surface area contributed by atoms with Gasteiger partial charge >= 0.3 is 0 Å². The lowest BCUT2D eigenvalue weighted by molar-refractivity contribution is 0.261. The van der Waals surface area contributed by atoms with Crippen LogP contribution in [0.2, 0.25) is 0 Å². The van der Waals surface area contributed by atoms with Crippen LogP contribution >= 0.6 is 0 Å². The molecule has 0 spiro atoms. The van der Waals surface area contributed by atoms with E-state index in [1.54, 1.807) is 0 Å². The predicted octanol–water partition coefficient (Wildman–Crippen LogP) is 1.42. The van der Waals surface area contributed by atoms with E-state index in [0.29, 0.717) is 0 Å². The van der Waals surface area contributed by atoms with Gasteiger partial charge in [0.2, 0.25) is 0 Å². The molecule has 1 aromatic heterocycles. The van der Waals surface area contributed by atoms with Gasteiger partial charge in [0.05, 0.1) is 17.1 Å². The van der Waals surface area contributed by atoms with Crippen LogP contribution in [0.4, 0.5) is 0 Å². The van der Waals surface area contributed by atoms with Crippen LogP contribution in [0, 0.1) is 0 Å². The Morgan fingerprint density at radius 1 is 1.36 bits per heavy atom. The molecule has 0 fully saturated rings. The van der Waals surface area contributed by atoms with Crippen molar-refractivity contribution in [1.29, 1.82) is 0 Å². The molecule has 0 aromatic carbocycles. The predicted molar refractivity (Wildman–Crippen MR) is 56.1 cm³/mol. The van der Waals surface area contributed by atoms with E-state index in [1.165, 1.54) is 11.4 Å². The van der Waals surface area contributed by atoms with Crippen LogP contribution in [0.5, 0.6) is 0 Å². The average Bonchev–Trinajstić information content (AvgIpc) is 2.27. The molecule has 0 atom stereocenters. The summed E-state index contributed by atoms with van der Waals surface area (Å²) in [4.78, 5) is 11.5. The lowest BCUT2D eigenvalue weighted by atomic mass is 10.1. The Kier molecular flexibility index (Phi) is 2.77. The van der Waals surface area contributed by atoms with Crippen molar-refractivity contribution in [3.63, 3.8) is 0 Å². The van der Waals surface area contributed by atoms with Crippen molar-refractivity contribution in [1.82, 2.24) is 14.9 Å². The smallest absolute Gasteiger partial charge is 0.0759 e. The first kappa shape index (κ1) is 9.59. The Morgan fingerprint density at radius 3 is 2.93 bits per heavy atom. The molecule has 76 valence electrons.